The Kier molecular flexibility index (Phi) is 6.51. The standard InChI is InChI=1S/C22H25NO6/c1-14(24)11-28-13-20(21(25)26)23(2)22(27)29-12-19-17-9-5-3-7-15(17)16-8-4-6-10-18(16)19/h3-10,14,19-20,24H,11-13H2,1-2H3,(H,25,26). The fourth-order valence-corrected chi connectivity index (χ4v) is 3.52. The van der Waals surface area contributed by atoms with E-state index < -0.39 is 24.2 Å². The van der Waals surface area contributed by atoms with E-state index in [1.165, 1.54) is 14.0 Å². The van der Waals surface area contributed by atoms with Gasteiger partial charge < -0.3 is 19.7 Å². The number of fused-ring (bicyclic) bond motifs is 3. The average molecular weight is 399 g/mol. The number of aliphatic hydroxyl groups is 1. The maximum Gasteiger partial charge on any atom is 0.410 e. The third-order valence-corrected chi connectivity index (χ3v) is 5.01. The zero-order valence-corrected chi connectivity index (χ0v) is 16.4. The second-order valence-electron chi connectivity index (χ2n) is 7.16. The molecule has 0 spiro atoms. The summed E-state index contributed by atoms with van der Waals surface area (Å²) < 4.78 is 10.7. The molecule has 2 atom stereocenters. The van der Waals surface area contributed by atoms with E-state index in [9.17, 15) is 19.8 Å². The van der Waals surface area contributed by atoms with Crippen LogP contribution in [0.2, 0.25) is 0 Å². The fourth-order valence-electron chi connectivity index (χ4n) is 3.52. The van der Waals surface area contributed by atoms with Crippen molar-refractivity contribution in [3.63, 3.8) is 0 Å². The molecule has 7 heteroatoms. The summed E-state index contributed by atoms with van der Waals surface area (Å²) in [6.45, 7) is 1.40. The first kappa shape index (κ1) is 20.8. The topological polar surface area (TPSA) is 96.3 Å². The van der Waals surface area contributed by atoms with Crippen LogP contribution in [0.15, 0.2) is 48.5 Å². The lowest BCUT2D eigenvalue weighted by Crippen LogP contribution is -2.46. The van der Waals surface area contributed by atoms with Crippen LogP contribution >= 0.6 is 0 Å². The van der Waals surface area contributed by atoms with E-state index in [4.69, 9.17) is 9.47 Å². The Morgan fingerprint density at radius 2 is 1.59 bits per heavy atom. The van der Waals surface area contributed by atoms with Crippen LogP contribution in [0.25, 0.3) is 11.1 Å². The van der Waals surface area contributed by atoms with Gasteiger partial charge in [0.25, 0.3) is 0 Å². The van der Waals surface area contributed by atoms with Crippen molar-refractivity contribution in [2.24, 2.45) is 0 Å². The number of carbonyl (C=O) groups excluding carboxylic acids is 1. The molecule has 0 fully saturated rings. The molecule has 154 valence electrons. The first-order valence-corrected chi connectivity index (χ1v) is 9.46. The molecular formula is C22H25NO6. The number of hydrogen-bond donors (Lipinski definition) is 2. The van der Waals surface area contributed by atoms with Gasteiger partial charge in [0.2, 0.25) is 0 Å². The van der Waals surface area contributed by atoms with E-state index in [1.807, 2.05) is 48.5 Å². The zero-order valence-electron chi connectivity index (χ0n) is 16.4. The van der Waals surface area contributed by atoms with Crippen molar-refractivity contribution >= 4 is 12.1 Å². The fraction of sp³-hybridized carbons (Fsp3) is 0.364. The Bertz CT molecular complexity index is 836. The first-order valence-electron chi connectivity index (χ1n) is 9.46. The van der Waals surface area contributed by atoms with Crippen molar-refractivity contribution in [1.82, 2.24) is 4.90 Å². The van der Waals surface area contributed by atoms with E-state index >= 15 is 0 Å². The monoisotopic (exact) mass is 399 g/mol. The van der Waals surface area contributed by atoms with Crippen molar-refractivity contribution in [2.45, 2.75) is 25.0 Å². The number of carboxylic acid groups (broad SMARTS) is 1. The summed E-state index contributed by atoms with van der Waals surface area (Å²) in [5.74, 6) is -1.30. The van der Waals surface area contributed by atoms with E-state index in [2.05, 4.69) is 0 Å². The summed E-state index contributed by atoms with van der Waals surface area (Å²) in [4.78, 5) is 25.0. The number of aliphatic carboxylic acids is 1. The minimum absolute atomic E-state index is 0.0116. The van der Waals surface area contributed by atoms with Crippen LogP contribution in [0.4, 0.5) is 4.79 Å². The third-order valence-electron chi connectivity index (χ3n) is 5.01. The summed E-state index contributed by atoms with van der Waals surface area (Å²) in [5.41, 5.74) is 4.40. The number of likely N-dealkylation sites (N-methyl/N-ethyl adjacent to an activating group) is 1. The van der Waals surface area contributed by atoms with Crippen LogP contribution in [-0.2, 0) is 14.3 Å². The lowest BCUT2D eigenvalue weighted by Gasteiger charge is -2.25. The number of rotatable bonds is 8. The molecule has 7 nitrogen and oxygen atoms in total. The maximum atomic E-state index is 12.5. The Hall–Kier alpha value is -2.90. The van der Waals surface area contributed by atoms with E-state index in [0.717, 1.165) is 27.2 Å². The number of nitrogens with zero attached hydrogens (tertiary/aromatic N) is 1. The third kappa shape index (κ3) is 4.58. The normalized spacial score (nSPS) is 14.6. The zero-order chi connectivity index (χ0) is 21.0. The molecule has 1 aliphatic carbocycles. The molecule has 3 rings (SSSR count). The predicted octanol–water partition coefficient (Wildman–Crippen LogP) is 2.72. The molecule has 0 heterocycles. The van der Waals surface area contributed by atoms with Gasteiger partial charge >= 0.3 is 12.1 Å². The number of hydrogen-bond acceptors (Lipinski definition) is 5. The molecule has 1 aliphatic rings. The number of carbonyl (C=O) groups is 2. The summed E-state index contributed by atoms with van der Waals surface area (Å²) >= 11 is 0. The molecule has 2 aromatic carbocycles. The van der Waals surface area contributed by atoms with Crippen molar-refractivity contribution in [3.05, 3.63) is 59.7 Å². The summed E-state index contributed by atoms with van der Waals surface area (Å²) in [5, 5.41) is 18.6. The number of ether oxygens (including phenoxy) is 2. The summed E-state index contributed by atoms with van der Waals surface area (Å²) in [6, 6.07) is 14.8. The highest BCUT2D eigenvalue weighted by Gasteiger charge is 2.32. The molecule has 2 aromatic rings. The highest BCUT2D eigenvalue weighted by Crippen LogP contribution is 2.44. The van der Waals surface area contributed by atoms with E-state index in [-0.39, 0.29) is 25.7 Å². The van der Waals surface area contributed by atoms with E-state index in [0.29, 0.717) is 0 Å². The molecule has 29 heavy (non-hydrogen) atoms. The van der Waals surface area contributed by atoms with Crippen LogP contribution in [-0.4, -0.2) is 66.2 Å². The van der Waals surface area contributed by atoms with Crippen molar-refractivity contribution in [2.75, 3.05) is 26.9 Å². The van der Waals surface area contributed by atoms with Crippen LogP contribution in [0, 0.1) is 0 Å². The largest absolute Gasteiger partial charge is 0.480 e. The molecule has 0 saturated heterocycles. The maximum absolute atomic E-state index is 12.5. The minimum Gasteiger partial charge on any atom is -0.480 e. The van der Waals surface area contributed by atoms with Gasteiger partial charge in [-0.05, 0) is 29.2 Å². The molecular weight excluding hydrogens is 374 g/mol. The van der Waals surface area contributed by atoms with Gasteiger partial charge in [0.15, 0.2) is 6.04 Å². The Morgan fingerprint density at radius 1 is 1.03 bits per heavy atom. The number of benzene rings is 2. The first-order chi connectivity index (χ1) is 13.9. The highest BCUT2D eigenvalue weighted by atomic mass is 16.6. The molecule has 1 amide bonds. The van der Waals surface area contributed by atoms with Gasteiger partial charge in [0.05, 0.1) is 19.3 Å². The summed E-state index contributed by atoms with van der Waals surface area (Å²) in [6.07, 6.45) is -1.45. The second kappa shape index (κ2) is 9.07. The lowest BCUT2D eigenvalue weighted by atomic mass is 9.98. The van der Waals surface area contributed by atoms with Crippen LogP contribution in [0.5, 0.6) is 0 Å². The van der Waals surface area contributed by atoms with Gasteiger partial charge in [-0.25, -0.2) is 9.59 Å². The van der Waals surface area contributed by atoms with Crippen LogP contribution < -0.4 is 0 Å². The van der Waals surface area contributed by atoms with Gasteiger partial charge in [-0.1, -0.05) is 48.5 Å². The van der Waals surface area contributed by atoms with Crippen molar-refractivity contribution < 1.29 is 29.3 Å². The number of aliphatic hydroxyl groups excluding tert-OH is 1. The van der Waals surface area contributed by atoms with Gasteiger partial charge in [-0.2, -0.15) is 0 Å². The van der Waals surface area contributed by atoms with Gasteiger partial charge in [0, 0.05) is 13.0 Å². The Balaban J connectivity index is 1.67. The van der Waals surface area contributed by atoms with E-state index in [1.54, 1.807) is 0 Å². The predicted molar refractivity (Wildman–Crippen MR) is 107 cm³/mol. The number of carboxylic acids is 1. The Labute approximate surface area is 169 Å². The van der Waals surface area contributed by atoms with Gasteiger partial charge in [-0.3, -0.25) is 4.90 Å². The molecule has 2 unspecified atom stereocenters. The van der Waals surface area contributed by atoms with Crippen molar-refractivity contribution in [1.29, 1.82) is 0 Å². The smallest absolute Gasteiger partial charge is 0.410 e. The Morgan fingerprint density at radius 3 is 2.10 bits per heavy atom. The van der Waals surface area contributed by atoms with Crippen LogP contribution in [0.1, 0.15) is 24.0 Å². The molecule has 0 bridgehead atoms. The molecule has 0 aliphatic heterocycles. The van der Waals surface area contributed by atoms with Gasteiger partial charge in [-0.15, -0.1) is 0 Å². The van der Waals surface area contributed by atoms with Gasteiger partial charge in [0.1, 0.15) is 6.61 Å². The molecule has 0 saturated carbocycles. The minimum atomic E-state index is -1.20. The molecule has 0 radical (unpaired) electrons. The summed E-state index contributed by atoms with van der Waals surface area (Å²) in [7, 11) is 1.36. The highest BCUT2D eigenvalue weighted by molar-refractivity contribution is 5.81. The van der Waals surface area contributed by atoms with Crippen molar-refractivity contribution in [3.8, 4) is 11.1 Å². The second-order valence-corrected chi connectivity index (χ2v) is 7.16. The number of amides is 1. The SMILES string of the molecule is CC(O)COCC(C(=O)O)N(C)C(=O)OCC1c2ccccc2-c2ccccc21. The molecule has 0 aromatic heterocycles. The van der Waals surface area contributed by atoms with Crippen LogP contribution in [0.3, 0.4) is 0 Å². The quantitative estimate of drug-likeness (QED) is 0.709. The molecule has 2 N–H and O–H groups in total. The average Bonchev–Trinajstić information content (AvgIpc) is 3.02. The lowest BCUT2D eigenvalue weighted by molar-refractivity contribution is -0.145.